The fourth-order valence-corrected chi connectivity index (χ4v) is 2.90. The molecule has 0 radical (unpaired) electrons. The van der Waals surface area contributed by atoms with Crippen LogP contribution in [0.2, 0.25) is 0 Å². The van der Waals surface area contributed by atoms with Crippen LogP contribution in [0.1, 0.15) is 19.8 Å². The normalized spacial score (nSPS) is 27.3. The van der Waals surface area contributed by atoms with Crippen molar-refractivity contribution in [3.05, 3.63) is 0 Å². The Morgan fingerprint density at radius 1 is 1.67 bits per heavy atom. The van der Waals surface area contributed by atoms with Gasteiger partial charge in [0.15, 0.2) is 0 Å². The molecule has 4 nitrogen and oxygen atoms in total. The summed E-state index contributed by atoms with van der Waals surface area (Å²) in [4.78, 5) is 0. The van der Waals surface area contributed by atoms with Gasteiger partial charge in [0.1, 0.15) is 0 Å². The highest BCUT2D eigenvalue weighted by atomic mass is 32.2. The molecule has 0 spiro atoms. The Labute approximate surface area is 73.1 Å². The molecule has 0 aliphatic carbocycles. The molecule has 1 aliphatic rings. The van der Waals surface area contributed by atoms with Gasteiger partial charge in [-0.15, -0.1) is 0 Å². The summed E-state index contributed by atoms with van der Waals surface area (Å²) in [5.41, 5.74) is 0. The van der Waals surface area contributed by atoms with E-state index in [0.29, 0.717) is 19.6 Å². The molecule has 0 amide bonds. The molecule has 1 saturated heterocycles. The van der Waals surface area contributed by atoms with E-state index in [9.17, 15) is 8.42 Å². The Morgan fingerprint density at radius 2 is 2.33 bits per heavy atom. The van der Waals surface area contributed by atoms with Crippen LogP contribution < -0.4 is 5.14 Å². The van der Waals surface area contributed by atoms with Crippen molar-refractivity contribution in [2.45, 2.75) is 25.0 Å². The molecule has 0 saturated carbocycles. The second-order valence-electron chi connectivity index (χ2n) is 3.16. The molecule has 0 aromatic rings. The third kappa shape index (κ3) is 2.18. The summed E-state index contributed by atoms with van der Waals surface area (Å²) < 4.78 is 27.3. The van der Waals surface area contributed by atoms with Crippen LogP contribution >= 0.6 is 0 Å². The van der Waals surface area contributed by atoms with Crippen LogP contribution in [0.4, 0.5) is 0 Å². The minimum atomic E-state index is -3.38. The quantitative estimate of drug-likeness (QED) is 0.690. The minimum absolute atomic E-state index is 0.102. The van der Waals surface area contributed by atoms with E-state index in [0.717, 1.165) is 6.42 Å². The third-order valence-corrected chi connectivity index (χ3v) is 3.88. The average Bonchev–Trinajstić information content (AvgIpc) is 2.38. The lowest BCUT2D eigenvalue weighted by Crippen LogP contribution is -2.34. The van der Waals surface area contributed by atoms with E-state index in [2.05, 4.69) is 0 Å². The van der Waals surface area contributed by atoms with Gasteiger partial charge in [-0.3, -0.25) is 0 Å². The van der Waals surface area contributed by atoms with E-state index >= 15 is 0 Å². The molecular weight excluding hydrogens is 178 g/mol. The molecule has 1 heterocycles. The summed E-state index contributed by atoms with van der Waals surface area (Å²) in [5, 5.41) is 4.67. The zero-order valence-electron chi connectivity index (χ0n) is 7.19. The first kappa shape index (κ1) is 9.95. The second-order valence-corrected chi connectivity index (χ2v) is 4.94. The molecule has 2 N–H and O–H groups in total. The van der Waals surface area contributed by atoms with Crippen LogP contribution in [0, 0.1) is 5.92 Å². The van der Waals surface area contributed by atoms with Gasteiger partial charge >= 0.3 is 0 Å². The van der Waals surface area contributed by atoms with Gasteiger partial charge in [0.2, 0.25) is 10.0 Å². The van der Waals surface area contributed by atoms with Gasteiger partial charge in [-0.25, -0.2) is 13.6 Å². The first-order valence-corrected chi connectivity index (χ1v) is 5.76. The molecule has 1 rings (SSSR count). The van der Waals surface area contributed by atoms with E-state index in [1.807, 2.05) is 6.92 Å². The highest BCUT2D eigenvalue weighted by Gasteiger charge is 2.31. The van der Waals surface area contributed by atoms with Crippen molar-refractivity contribution < 1.29 is 13.2 Å². The highest BCUT2D eigenvalue weighted by molar-refractivity contribution is 7.89. The molecular formula is C7H15NO3S. The number of hydrogen-bond acceptors (Lipinski definition) is 3. The molecule has 0 aromatic heterocycles. The average molecular weight is 193 g/mol. The number of ether oxygens (including phenoxy) is 1. The number of primary sulfonamides is 1. The fraction of sp³-hybridized carbons (Fsp3) is 1.00. The maximum Gasteiger partial charge on any atom is 0.212 e. The predicted octanol–water partition coefficient (Wildman–Crippen LogP) is 0.0900. The maximum atomic E-state index is 11.1. The van der Waals surface area contributed by atoms with Gasteiger partial charge in [-0.1, -0.05) is 6.92 Å². The monoisotopic (exact) mass is 193 g/mol. The summed E-state index contributed by atoms with van der Waals surface area (Å²) in [7, 11) is -3.38. The van der Waals surface area contributed by atoms with Crippen LogP contribution in [0.3, 0.4) is 0 Å². The molecule has 2 atom stereocenters. The van der Waals surface area contributed by atoms with Gasteiger partial charge in [0.25, 0.3) is 0 Å². The lowest BCUT2D eigenvalue weighted by atomic mass is 10.0. The van der Waals surface area contributed by atoms with Crippen molar-refractivity contribution in [2.24, 2.45) is 11.1 Å². The van der Waals surface area contributed by atoms with E-state index < -0.39 is 15.3 Å². The van der Waals surface area contributed by atoms with Crippen molar-refractivity contribution in [1.82, 2.24) is 0 Å². The number of hydrogen-bond donors (Lipinski definition) is 1. The smallest absolute Gasteiger partial charge is 0.212 e. The minimum Gasteiger partial charge on any atom is -0.381 e. The fourth-order valence-electron chi connectivity index (χ4n) is 1.68. The molecule has 5 heteroatoms. The topological polar surface area (TPSA) is 69.4 Å². The number of sulfonamides is 1. The van der Waals surface area contributed by atoms with E-state index in [1.54, 1.807) is 0 Å². The summed E-state index contributed by atoms with van der Waals surface area (Å²) in [6.45, 7) is 3.04. The molecule has 1 aliphatic heterocycles. The molecule has 12 heavy (non-hydrogen) atoms. The molecule has 0 aromatic carbocycles. The molecule has 72 valence electrons. The van der Waals surface area contributed by atoms with Gasteiger partial charge < -0.3 is 4.74 Å². The first-order chi connectivity index (χ1) is 5.55. The maximum absolute atomic E-state index is 11.1. The number of nitrogens with two attached hydrogens (primary N) is 1. The zero-order valence-corrected chi connectivity index (χ0v) is 8.01. The van der Waals surface area contributed by atoms with Crippen LogP contribution in [0.5, 0.6) is 0 Å². The van der Waals surface area contributed by atoms with Crippen molar-refractivity contribution in [1.29, 1.82) is 0 Å². The Hall–Kier alpha value is -0.130. The predicted molar refractivity (Wildman–Crippen MR) is 46.1 cm³/mol. The van der Waals surface area contributed by atoms with Gasteiger partial charge in [-0.2, -0.15) is 0 Å². The summed E-state index contributed by atoms with van der Waals surface area (Å²) >= 11 is 0. The Kier molecular flexibility index (Phi) is 3.09. The van der Waals surface area contributed by atoms with E-state index in [-0.39, 0.29) is 5.92 Å². The van der Waals surface area contributed by atoms with Gasteiger partial charge in [-0.05, 0) is 12.8 Å². The number of rotatable bonds is 3. The molecule has 1 fully saturated rings. The zero-order chi connectivity index (χ0) is 9.19. The Balaban J connectivity index is 2.68. The Bertz CT molecular complexity index is 231. The SMILES string of the molecule is CCC(C1CCOC1)S(N)(=O)=O. The lowest BCUT2D eigenvalue weighted by Gasteiger charge is -2.17. The van der Waals surface area contributed by atoms with Crippen molar-refractivity contribution >= 4 is 10.0 Å². The second kappa shape index (κ2) is 3.72. The highest BCUT2D eigenvalue weighted by Crippen LogP contribution is 2.22. The van der Waals surface area contributed by atoms with Crippen LogP contribution in [-0.2, 0) is 14.8 Å². The lowest BCUT2D eigenvalue weighted by molar-refractivity contribution is 0.184. The van der Waals surface area contributed by atoms with Crippen molar-refractivity contribution in [3.63, 3.8) is 0 Å². The van der Waals surface area contributed by atoms with Crippen molar-refractivity contribution in [3.8, 4) is 0 Å². The van der Waals surface area contributed by atoms with E-state index in [1.165, 1.54) is 0 Å². The summed E-state index contributed by atoms with van der Waals surface area (Å²) in [6.07, 6.45) is 1.39. The standard InChI is InChI=1S/C7H15NO3S/c1-2-7(12(8,9)10)6-3-4-11-5-6/h6-7H,2-5H2,1H3,(H2,8,9,10). The van der Waals surface area contributed by atoms with E-state index in [4.69, 9.17) is 9.88 Å². The largest absolute Gasteiger partial charge is 0.381 e. The van der Waals surface area contributed by atoms with Crippen LogP contribution in [0.25, 0.3) is 0 Å². The van der Waals surface area contributed by atoms with Crippen LogP contribution in [-0.4, -0.2) is 26.9 Å². The summed E-state index contributed by atoms with van der Waals surface area (Å²) in [6, 6.07) is 0. The molecule has 2 unspecified atom stereocenters. The van der Waals surface area contributed by atoms with Gasteiger partial charge in [0.05, 0.1) is 11.9 Å². The van der Waals surface area contributed by atoms with Crippen molar-refractivity contribution in [2.75, 3.05) is 13.2 Å². The van der Waals surface area contributed by atoms with Crippen LogP contribution in [0.15, 0.2) is 0 Å². The molecule has 0 bridgehead atoms. The first-order valence-electron chi connectivity index (χ1n) is 4.15. The summed E-state index contributed by atoms with van der Waals surface area (Å²) in [5.74, 6) is 0.102. The Morgan fingerprint density at radius 3 is 2.67 bits per heavy atom. The van der Waals surface area contributed by atoms with Gasteiger partial charge in [0, 0.05) is 12.5 Å². The third-order valence-electron chi connectivity index (χ3n) is 2.32.